The highest BCUT2D eigenvalue weighted by molar-refractivity contribution is 6.04. The molecule has 0 unspecified atom stereocenters. The molecule has 7 nitrogen and oxygen atoms in total. The zero-order chi connectivity index (χ0) is 19.3. The van der Waals surface area contributed by atoms with Gasteiger partial charge >= 0.3 is 0 Å². The van der Waals surface area contributed by atoms with Gasteiger partial charge < -0.3 is 10.6 Å². The molecule has 2 heterocycles. The van der Waals surface area contributed by atoms with Crippen LogP contribution in [0.3, 0.4) is 0 Å². The monoisotopic (exact) mass is 370 g/mol. The number of amides is 1. The normalized spacial score (nSPS) is 10.5. The number of hydrogen-bond donors (Lipinski definition) is 2. The average Bonchev–Trinajstić information content (AvgIpc) is 3.25. The van der Waals surface area contributed by atoms with Crippen LogP contribution < -0.4 is 10.6 Å². The molecule has 28 heavy (non-hydrogen) atoms. The molecular weight excluding hydrogens is 352 g/mol. The van der Waals surface area contributed by atoms with Crippen LogP contribution in [0.25, 0.3) is 5.82 Å². The Bertz CT molecular complexity index is 1090. The molecule has 0 aliphatic heterocycles. The number of hydrogen-bond acceptors (Lipinski definition) is 5. The molecule has 0 spiro atoms. The summed E-state index contributed by atoms with van der Waals surface area (Å²) in [6.07, 6.45) is 4.99. The number of aromatic nitrogens is 4. The van der Waals surface area contributed by atoms with Crippen molar-refractivity contribution in [3.05, 3.63) is 90.5 Å². The van der Waals surface area contributed by atoms with Gasteiger partial charge in [0.05, 0.1) is 0 Å². The number of rotatable bonds is 5. The highest BCUT2D eigenvalue weighted by atomic mass is 16.1. The van der Waals surface area contributed by atoms with Crippen LogP contribution in [-0.4, -0.2) is 25.7 Å². The summed E-state index contributed by atoms with van der Waals surface area (Å²) in [4.78, 5) is 20.8. The second kappa shape index (κ2) is 7.71. The van der Waals surface area contributed by atoms with Crippen molar-refractivity contribution in [3.8, 4) is 5.82 Å². The van der Waals surface area contributed by atoms with Gasteiger partial charge in [-0.1, -0.05) is 17.7 Å². The quantitative estimate of drug-likeness (QED) is 0.555. The number of anilines is 3. The Hall–Kier alpha value is -4.00. The number of benzene rings is 2. The van der Waals surface area contributed by atoms with E-state index in [1.807, 2.05) is 61.7 Å². The molecule has 0 radical (unpaired) electrons. The summed E-state index contributed by atoms with van der Waals surface area (Å²) in [6.45, 7) is 1.96. The average molecular weight is 370 g/mol. The van der Waals surface area contributed by atoms with Gasteiger partial charge in [0.15, 0.2) is 5.82 Å². The second-order valence-electron chi connectivity index (χ2n) is 6.24. The lowest BCUT2D eigenvalue weighted by molar-refractivity contribution is 0.102. The van der Waals surface area contributed by atoms with Gasteiger partial charge in [-0.3, -0.25) is 4.79 Å². The van der Waals surface area contributed by atoms with Crippen LogP contribution in [0.4, 0.5) is 17.2 Å². The van der Waals surface area contributed by atoms with Gasteiger partial charge in [0.2, 0.25) is 0 Å². The van der Waals surface area contributed by atoms with Gasteiger partial charge in [0.25, 0.3) is 5.91 Å². The van der Waals surface area contributed by atoms with Crippen LogP contribution in [0.15, 0.2) is 79.4 Å². The molecule has 7 heteroatoms. The van der Waals surface area contributed by atoms with E-state index in [0.717, 1.165) is 16.9 Å². The fourth-order valence-corrected chi connectivity index (χ4v) is 2.72. The molecule has 0 atom stereocenters. The van der Waals surface area contributed by atoms with E-state index in [4.69, 9.17) is 0 Å². The van der Waals surface area contributed by atoms with Gasteiger partial charge in [-0.2, -0.15) is 5.10 Å². The smallest absolute Gasteiger partial charge is 0.255 e. The van der Waals surface area contributed by atoms with Crippen molar-refractivity contribution in [2.75, 3.05) is 10.6 Å². The Morgan fingerprint density at radius 1 is 0.964 bits per heavy atom. The summed E-state index contributed by atoms with van der Waals surface area (Å²) < 4.78 is 1.66. The van der Waals surface area contributed by atoms with Crippen molar-refractivity contribution in [1.82, 2.24) is 19.7 Å². The molecule has 0 fully saturated rings. The summed E-state index contributed by atoms with van der Waals surface area (Å²) in [7, 11) is 0. The Labute approximate surface area is 162 Å². The maximum absolute atomic E-state index is 12.3. The lowest BCUT2D eigenvalue weighted by atomic mass is 10.1. The van der Waals surface area contributed by atoms with Gasteiger partial charge in [-0.25, -0.2) is 14.6 Å². The first-order chi connectivity index (χ1) is 13.7. The molecule has 4 rings (SSSR count). The minimum absolute atomic E-state index is 0.135. The largest absolute Gasteiger partial charge is 0.340 e. The number of carbonyl (C=O) groups excluding carboxylic acids is 1. The summed E-state index contributed by atoms with van der Waals surface area (Å²) in [5, 5.41) is 10.3. The third-order valence-corrected chi connectivity index (χ3v) is 4.09. The van der Waals surface area contributed by atoms with Crippen LogP contribution in [0.2, 0.25) is 0 Å². The first kappa shape index (κ1) is 17.4. The number of nitrogens with zero attached hydrogens (tertiary/aromatic N) is 4. The molecular formula is C21H18N6O. The van der Waals surface area contributed by atoms with Crippen LogP contribution in [0.5, 0.6) is 0 Å². The number of nitrogens with one attached hydrogen (secondary N) is 2. The van der Waals surface area contributed by atoms with E-state index in [-0.39, 0.29) is 5.91 Å². The van der Waals surface area contributed by atoms with Crippen molar-refractivity contribution in [1.29, 1.82) is 0 Å². The molecule has 4 aromatic rings. The van der Waals surface area contributed by atoms with Crippen LogP contribution in [-0.2, 0) is 0 Å². The summed E-state index contributed by atoms with van der Waals surface area (Å²) in [6, 6.07) is 18.6. The molecule has 0 aliphatic carbocycles. The minimum Gasteiger partial charge on any atom is -0.340 e. The Morgan fingerprint density at radius 3 is 2.54 bits per heavy atom. The van der Waals surface area contributed by atoms with Gasteiger partial charge in [0, 0.05) is 35.4 Å². The van der Waals surface area contributed by atoms with Gasteiger partial charge in [0.1, 0.15) is 12.1 Å². The molecule has 1 amide bonds. The maximum atomic E-state index is 12.3. The molecule has 0 saturated heterocycles. The van der Waals surface area contributed by atoms with E-state index in [1.165, 1.54) is 6.33 Å². The van der Waals surface area contributed by atoms with Gasteiger partial charge in [-0.15, -0.1) is 0 Å². The molecule has 2 N–H and O–H groups in total. The van der Waals surface area contributed by atoms with Crippen LogP contribution in [0.1, 0.15) is 15.9 Å². The van der Waals surface area contributed by atoms with E-state index in [9.17, 15) is 4.79 Å². The third kappa shape index (κ3) is 4.04. The summed E-state index contributed by atoms with van der Waals surface area (Å²) >= 11 is 0. The Kier molecular flexibility index (Phi) is 4.79. The fraction of sp³-hybridized carbons (Fsp3) is 0.0476. The molecule has 2 aromatic heterocycles. The lowest BCUT2D eigenvalue weighted by Crippen LogP contribution is -2.11. The second-order valence-corrected chi connectivity index (χ2v) is 6.24. The van der Waals surface area contributed by atoms with Crippen molar-refractivity contribution in [2.45, 2.75) is 6.92 Å². The third-order valence-electron chi connectivity index (χ3n) is 4.09. The maximum Gasteiger partial charge on any atom is 0.255 e. The topological polar surface area (TPSA) is 84.7 Å². The zero-order valence-electron chi connectivity index (χ0n) is 15.2. The van der Waals surface area contributed by atoms with E-state index in [2.05, 4.69) is 25.7 Å². The van der Waals surface area contributed by atoms with Crippen molar-refractivity contribution in [3.63, 3.8) is 0 Å². The van der Waals surface area contributed by atoms with E-state index in [1.54, 1.807) is 23.0 Å². The van der Waals surface area contributed by atoms with Crippen molar-refractivity contribution >= 4 is 23.1 Å². The standard InChI is InChI=1S/C21H18N6O/c1-15-4-2-5-16(12-15)21(28)26-18-8-6-17(7-9-18)25-19-13-20(23-14-22-19)27-11-3-10-24-27/h2-14H,1H3,(H,26,28)(H,22,23,25). The number of aryl methyl sites for hydroxylation is 1. The van der Waals surface area contributed by atoms with E-state index in [0.29, 0.717) is 17.2 Å². The predicted molar refractivity (Wildman–Crippen MR) is 108 cm³/mol. The number of carbonyl (C=O) groups is 1. The van der Waals surface area contributed by atoms with Crippen molar-refractivity contribution < 1.29 is 4.79 Å². The van der Waals surface area contributed by atoms with E-state index < -0.39 is 0 Å². The fourth-order valence-electron chi connectivity index (χ4n) is 2.72. The van der Waals surface area contributed by atoms with Gasteiger partial charge in [-0.05, 0) is 49.4 Å². The predicted octanol–water partition coefficient (Wildman–Crippen LogP) is 3.97. The Balaban J connectivity index is 1.44. The zero-order valence-corrected chi connectivity index (χ0v) is 15.2. The first-order valence-electron chi connectivity index (χ1n) is 8.74. The molecule has 0 aliphatic rings. The molecule has 2 aromatic carbocycles. The molecule has 138 valence electrons. The summed E-state index contributed by atoms with van der Waals surface area (Å²) in [5.74, 6) is 1.19. The highest BCUT2D eigenvalue weighted by Crippen LogP contribution is 2.19. The highest BCUT2D eigenvalue weighted by Gasteiger charge is 2.06. The molecule has 0 bridgehead atoms. The van der Waals surface area contributed by atoms with Crippen LogP contribution >= 0.6 is 0 Å². The SMILES string of the molecule is Cc1cccc(C(=O)Nc2ccc(Nc3cc(-n4cccn4)ncn3)cc2)c1. The molecule has 0 saturated carbocycles. The summed E-state index contributed by atoms with van der Waals surface area (Å²) in [5.41, 5.74) is 3.25. The first-order valence-corrected chi connectivity index (χ1v) is 8.74. The lowest BCUT2D eigenvalue weighted by Gasteiger charge is -2.09. The Morgan fingerprint density at radius 2 is 1.79 bits per heavy atom. The van der Waals surface area contributed by atoms with Crippen LogP contribution in [0, 0.1) is 6.92 Å². The minimum atomic E-state index is -0.135. The van der Waals surface area contributed by atoms with E-state index >= 15 is 0 Å². The van der Waals surface area contributed by atoms with Crippen molar-refractivity contribution in [2.24, 2.45) is 0 Å².